The number of aromatic nitrogens is 3. The summed E-state index contributed by atoms with van der Waals surface area (Å²) >= 11 is 0. The molecule has 4 aliphatic carbocycles. The van der Waals surface area contributed by atoms with E-state index < -0.39 is 0 Å². The van der Waals surface area contributed by atoms with Crippen LogP contribution in [-0.4, -0.2) is 13.9 Å². The van der Waals surface area contributed by atoms with Crippen LogP contribution in [0.4, 0.5) is 0 Å². The van der Waals surface area contributed by atoms with Crippen molar-refractivity contribution in [1.82, 2.24) is 13.9 Å². The van der Waals surface area contributed by atoms with Gasteiger partial charge >= 0.3 is 45.5 Å². The van der Waals surface area contributed by atoms with Gasteiger partial charge in [0.05, 0.1) is 17.8 Å². The van der Waals surface area contributed by atoms with E-state index in [4.69, 9.17) is 0 Å². The summed E-state index contributed by atoms with van der Waals surface area (Å²) in [6, 6.07) is 8.59. The van der Waals surface area contributed by atoms with Crippen molar-refractivity contribution in [1.29, 1.82) is 0 Å². The number of fused-ring (bicyclic) bond motifs is 1. The maximum absolute atomic E-state index is 13.7. The summed E-state index contributed by atoms with van der Waals surface area (Å²) in [5.74, 6) is 2.10. The largest absolute Gasteiger partial charge is 2.00 e. The molecule has 2 aromatic rings. The first-order valence-corrected chi connectivity index (χ1v) is 13.6. The van der Waals surface area contributed by atoms with Gasteiger partial charge in [0.25, 0.3) is 0 Å². The van der Waals surface area contributed by atoms with E-state index in [1.807, 2.05) is 128 Å². The fraction of sp³-hybridized carbons (Fsp3) is 0.143. The molecule has 5 nitrogen and oxygen atoms in total. The van der Waals surface area contributed by atoms with E-state index in [0.717, 1.165) is 23.8 Å². The summed E-state index contributed by atoms with van der Waals surface area (Å²) in [7, 11) is 0. The van der Waals surface area contributed by atoms with Crippen LogP contribution in [0, 0.1) is 127 Å². The number of para-hydroxylation sites is 1. The molecule has 2 heterocycles. The third-order valence-corrected chi connectivity index (χ3v) is 7.23. The molecule has 4 saturated carbocycles. The Morgan fingerprint density at radius 2 is 1.07 bits per heavy atom. The van der Waals surface area contributed by atoms with Crippen LogP contribution in [0.5, 0.6) is 0 Å². The monoisotopic (exact) mass is 639 g/mol. The quantitative estimate of drug-likeness (QED) is 0.417. The molecule has 42 heavy (non-hydrogen) atoms. The van der Waals surface area contributed by atoms with Gasteiger partial charge in [-0.25, -0.2) is 23.5 Å². The van der Waals surface area contributed by atoms with Crippen molar-refractivity contribution < 1.29 is 34.1 Å². The molecule has 0 bridgehead atoms. The summed E-state index contributed by atoms with van der Waals surface area (Å²) in [5.41, 5.74) is 2.27. The van der Waals surface area contributed by atoms with Gasteiger partial charge in [-0.3, -0.25) is 0 Å². The molecular weight excluding hydrogens is 606 g/mol. The zero-order valence-corrected chi connectivity index (χ0v) is 25.7. The van der Waals surface area contributed by atoms with Gasteiger partial charge in [0, 0.05) is 11.8 Å². The molecule has 5 aliphatic rings. The number of nitrogens with zero attached hydrogens (tertiary/aromatic N) is 3. The van der Waals surface area contributed by atoms with Crippen molar-refractivity contribution in [3.8, 4) is 5.69 Å². The molecule has 212 valence electrons. The van der Waals surface area contributed by atoms with Crippen LogP contribution in [0.1, 0.15) is 32.4 Å². The van der Waals surface area contributed by atoms with E-state index in [2.05, 4.69) is 19.8 Å². The minimum absolute atomic E-state index is 0. The number of rotatable bonds is 4. The second-order valence-electron chi connectivity index (χ2n) is 9.61. The summed E-state index contributed by atoms with van der Waals surface area (Å²) in [6.07, 6.45) is 37.0. The van der Waals surface area contributed by atoms with Crippen molar-refractivity contribution in [3.63, 3.8) is 0 Å². The molecule has 4 fully saturated rings. The van der Waals surface area contributed by atoms with Crippen LogP contribution in [0.3, 0.4) is 0 Å². The Kier molecular flexibility index (Phi) is 14.5. The Hall–Kier alpha value is -1.26. The normalized spacial score (nSPS) is 23.8. The van der Waals surface area contributed by atoms with Crippen molar-refractivity contribution >= 4 is 0 Å². The molecule has 0 spiro atoms. The zero-order chi connectivity index (χ0) is 27.9. The number of hydrogen-bond acceptors (Lipinski definition) is 2. The molecule has 1 aliphatic heterocycles. The molecule has 0 N–H and O–H groups in total. The average molecular weight is 639 g/mol. The number of hydrogen-bond donors (Lipinski definition) is 0. The molecule has 7 heteroatoms. The second-order valence-corrected chi connectivity index (χ2v) is 9.61. The molecule has 0 saturated heterocycles. The fourth-order valence-corrected chi connectivity index (χ4v) is 5.43. The minimum atomic E-state index is -0.348. The first-order valence-electron chi connectivity index (χ1n) is 13.6. The second kappa shape index (κ2) is 17.3. The van der Waals surface area contributed by atoms with Crippen LogP contribution in [0.25, 0.3) is 5.69 Å². The van der Waals surface area contributed by atoms with Gasteiger partial charge in [-0.05, 0) is 152 Å². The van der Waals surface area contributed by atoms with E-state index in [-0.39, 0.29) is 57.6 Å². The SMILES string of the molecule is CCC1=C([C]2[CH][CH][CH][CH]2)[C@@H]([C]2[CH][CH][CH][CH]2)n2c(=O)n(-c3ccccc3)c(=O)n2[C@@H]1C.[CH]1[CH][CH][CH][CH]1.[CH]1[CH][CH][CH][CH]1.[Fe+2].[Fe+2]. The van der Waals surface area contributed by atoms with E-state index in [9.17, 15) is 9.59 Å². The molecule has 0 unspecified atom stereocenters. The molecule has 2 atom stereocenters. The maximum Gasteiger partial charge on any atom is 2.00 e. The molecule has 1 aromatic carbocycles. The van der Waals surface area contributed by atoms with Crippen LogP contribution in [0.15, 0.2) is 51.1 Å². The Morgan fingerprint density at radius 3 is 1.55 bits per heavy atom. The van der Waals surface area contributed by atoms with E-state index in [1.54, 1.807) is 21.5 Å². The van der Waals surface area contributed by atoms with E-state index >= 15 is 0 Å². The molecule has 0 amide bonds. The van der Waals surface area contributed by atoms with Gasteiger partial charge in [0.15, 0.2) is 0 Å². The fourth-order valence-electron chi connectivity index (χ4n) is 5.43. The van der Waals surface area contributed by atoms with Gasteiger partial charge in [-0.2, -0.15) is 0 Å². The predicted octanol–water partition coefficient (Wildman–Crippen LogP) is 5.47. The third-order valence-electron chi connectivity index (χ3n) is 7.23. The molecule has 20 radical (unpaired) electrons. The van der Waals surface area contributed by atoms with E-state index in [1.165, 1.54) is 10.1 Å². The Balaban J connectivity index is 0.000000341. The summed E-state index contributed by atoms with van der Waals surface area (Å²) < 4.78 is 4.57. The number of benzene rings is 1. The van der Waals surface area contributed by atoms with E-state index in [0.29, 0.717) is 5.69 Å². The van der Waals surface area contributed by atoms with Crippen LogP contribution >= 0.6 is 0 Å². The average Bonchev–Trinajstić information content (AvgIpc) is 3.83. The van der Waals surface area contributed by atoms with Gasteiger partial charge in [-0.1, -0.05) is 25.1 Å². The first kappa shape index (κ1) is 35.2. The van der Waals surface area contributed by atoms with Gasteiger partial charge < -0.3 is 0 Å². The maximum atomic E-state index is 13.7. The van der Waals surface area contributed by atoms with Crippen molar-refractivity contribution in [3.05, 3.63) is 190 Å². The first-order chi connectivity index (χ1) is 19.6. The van der Waals surface area contributed by atoms with Crippen molar-refractivity contribution in [2.24, 2.45) is 0 Å². The van der Waals surface area contributed by atoms with Crippen molar-refractivity contribution in [2.75, 3.05) is 0 Å². The number of allylic oxidation sites excluding steroid dienone is 2. The molecular formula is C35H33Fe2N3O2+4. The Morgan fingerprint density at radius 1 is 0.619 bits per heavy atom. The molecule has 1 aromatic heterocycles. The van der Waals surface area contributed by atoms with Crippen LogP contribution in [-0.2, 0) is 34.1 Å². The smallest absolute Gasteiger partial charge is 0.245 e. The van der Waals surface area contributed by atoms with Gasteiger partial charge in [0.1, 0.15) is 0 Å². The van der Waals surface area contributed by atoms with Gasteiger partial charge in [-0.15, -0.1) is 0 Å². The zero-order valence-electron chi connectivity index (χ0n) is 23.5. The van der Waals surface area contributed by atoms with Crippen molar-refractivity contribution in [2.45, 2.75) is 32.4 Å². The summed E-state index contributed by atoms with van der Waals surface area (Å²) in [6.45, 7) is 4.12. The molecule has 7 rings (SSSR count). The third kappa shape index (κ3) is 7.68. The predicted molar refractivity (Wildman–Crippen MR) is 159 cm³/mol. The Bertz CT molecular complexity index is 1200. The minimum Gasteiger partial charge on any atom is -0.245 e. The van der Waals surface area contributed by atoms with Gasteiger partial charge in [0.2, 0.25) is 0 Å². The van der Waals surface area contributed by atoms with Crippen LogP contribution < -0.4 is 11.4 Å². The topological polar surface area (TPSA) is 48.9 Å². The summed E-state index contributed by atoms with van der Waals surface area (Å²) in [5, 5.41) is 0. The Labute approximate surface area is 274 Å². The summed E-state index contributed by atoms with van der Waals surface area (Å²) in [4.78, 5) is 27.2. The standard InChI is InChI=1S/C25H23N3O2.2C5H5.2Fe/c1-3-21-17(2)27-24(29)26(20-15-5-4-6-16-20)25(30)28(27)23(19-13-9-10-14-19)22(21)18-11-7-8-12-18;2*1-2-4-5-3-1;;/h4-17,23H,3H2,1-2H3;2*1-5H;;/q;;;2*+2/t17-,23-;;;;/m1..../s1. The van der Waals surface area contributed by atoms with Crippen LogP contribution in [0.2, 0.25) is 0 Å².